The quantitative estimate of drug-likeness (QED) is 0.143. The summed E-state index contributed by atoms with van der Waals surface area (Å²) in [7, 11) is 0. The van der Waals surface area contributed by atoms with Gasteiger partial charge in [-0.2, -0.15) is 0 Å². The minimum atomic E-state index is -0.645. The fourth-order valence-corrected chi connectivity index (χ4v) is 11.2. The molecule has 0 aliphatic heterocycles. The van der Waals surface area contributed by atoms with Crippen molar-refractivity contribution in [1.29, 1.82) is 0 Å². The minimum Gasteiger partial charge on any atom is -0.310 e. The molecule has 0 fully saturated rings. The maximum atomic E-state index is 2.51. The fourth-order valence-electron chi connectivity index (χ4n) is 11.2. The van der Waals surface area contributed by atoms with Gasteiger partial charge in [0.2, 0.25) is 0 Å². The Morgan fingerprint density at radius 1 is 0.261 bits per heavy atom. The van der Waals surface area contributed by atoms with Crippen molar-refractivity contribution in [3.8, 4) is 22.3 Å². The highest BCUT2D eigenvalue weighted by atomic mass is 15.1. The molecule has 12 aromatic rings. The van der Waals surface area contributed by atoms with Gasteiger partial charge < -0.3 is 9.80 Å². The van der Waals surface area contributed by atoms with E-state index in [0.29, 0.717) is 0 Å². The number of rotatable bonds is 9. The zero-order valence-corrected chi connectivity index (χ0v) is 38.0. The van der Waals surface area contributed by atoms with Crippen molar-refractivity contribution in [3.05, 3.63) is 301 Å². The number of nitrogens with zero attached hydrogens (tertiary/aromatic N) is 2. The van der Waals surface area contributed by atoms with Crippen LogP contribution in [0.4, 0.5) is 34.1 Å². The Balaban J connectivity index is 1.03. The van der Waals surface area contributed by atoms with E-state index in [-0.39, 0.29) is 0 Å². The van der Waals surface area contributed by atoms with Crippen molar-refractivity contribution in [2.45, 2.75) is 5.41 Å². The molecular weight excluding hydrogens is 833 g/mol. The topological polar surface area (TPSA) is 6.48 Å². The summed E-state index contributed by atoms with van der Waals surface area (Å²) >= 11 is 0. The van der Waals surface area contributed by atoms with Crippen molar-refractivity contribution in [1.82, 2.24) is 0 Å². The second kappa shape index (κ2) is 16.7. The molecule has 69 heavy (non-hydrogen) atoms. The maximum absolute atomic E-state index is 2.51. The highest BCUT2D eigenvalue weighted by molar-refractivity contribution is 6.11. The lowest BCUT2D eigenvalue weighted by Crippen LogP contribution is -2.29. The van der Waals surface area contributed by atoms with Gasteiger partial charge in [-0.15, -0.1) is 0 Å². The van der Waals surface area contributed by atoms with Crippen molar-refractivity contribution < 1.29 is 0 Å². The fraction of sp³-hybridized carbons (Fsp3) is 0.0149. The molecule has 0 radical (unpaired) electrons. The normalized spacial score (nSPS) is 12.5. The van der Waals surface area contributed by atoms with Crippen molar-refractivity contribution in [2.24, 2.45) is 0 Å². The summed E-state index contributed by atoms with van der Waals surface area (Å²) in [4.78, 5) is 4.81. The van der Waals surface area contributed by atoms with Crippen LogP contribution in [0, 0.1) is 0 Å². The van der Waals surface area contributed by atoms with E-state index in [1.165, 1.54) is 71.3 Å². The van der Waals surface area contributed by atoms with Crippen LogP contribution in [0.25, 0.3) is 54.6 Å². The molecule has 13 rings (SSSR count). The van der Waals surface area contributed by atoms with E-state index >= 15 is 0 Å². The third kappa shape index (κ3) is 6.72. The van der Waals surface area contributed by atoms with E-state index in [4.69, 9.17) is 0 Å². The van der Waals surface area contributed by atoms with Gasteiger partial charge in [0.1, 0.15) is 0 Å². The van der Waals surface area contributed by atoms with E-state index in [1.54, 1.807) is 0 Å². The lowest BCUT2D eigenvalue weighted by atomic mass is 9.67. The zero-order chi connectivity index (χ0) is 45.7. The summed E-state index contributed by atoms with van der Waals surface area (Å²) in [6.45, 7) is 0. The average molecular weight is 879 g/mol. The zero-order valence-electron chi connectivity index (χ0n) is 38.0. The minimum absolute atomic E-state index is 0.645. The van der Waals surface area contributed by atoms with Crippen LogP contribution in [-0.2, 0) is 5.41 Å². The van der Waals surface area contributed by atoms with E-state index in [1.807, 2.05) is 0 Å². The second-order valence-corrected chi connectivity index (χ2v) is 18.1. The predicted octanol–water partition coefficient (Wildman–Crippen LogP) is 18.1. The molecule has 0 amide bonds. The Morgan fingerprint density at radius 3 is 1.28 bits per heavy atom. The SMILES string of the molecule is c1ccc(N(c2ccc(-c3ccc4c(c3)C(c3ccccc3)(c3ccccc3)c3cc(N(c5ccccc5)c5ccc6ccccc6c5)c5ccccc5c3-4)cc2)c2ccc3ccccc3c2)cc1. The van der Waals surface area contributed by atoms with Crippen molar-refractivity contribution in [3.63, 3.8) is 0 Å². The number of anilines is 6. The van der Waals surface area contributed by atoms with Crippen LogP contribution >= 0.6 is 0 Å². The maximum Gasteiger partial charge on any atom is 0.0714 e. The van der Waals surface area contributed by atoms with E-state index in [9.17, 15) is 0 Å². The molecule has 0 saturated carbocycles. The number of hydrogen-bond acceptors (Lipinski definition) is 2. The molecule has 0 spiro atoms. The van der Waals surface area contributed by atoms with Crippen LogP contribution in [0.1, 0.15) is 22.3 Å². The summed E-state index contributed by atoms with van der Waals surface area (Å²) in [5.41, 5.74) is 15.9. The highest BCUT2D eigenvalue weighted by Crippen LogP contribution is 2.60. The highest BCUT2D eigenvalue weighted by Gasteiger charge is 2.47. The standard InChI is InChI=1S/C67H46N2/c1-5-23-53(24-6-1)67(54-25-7-2-8-26-54)63-45-52(49-33-38-57(39-34-49)68(55-27-9-3-10-28-55)58-40-35-47-19-13-15-21-50(47)43-58)37-42-62(63)66-61-32-18-17-31-60(61)65(46-64(66)67)69(56-29-11-4-12-30-56)59-41-36-48-20-14-16-22-51(48)44-59/h1-46H. The number of para-hydroxylation sites is 2. The van der Waals surface area contributed by atoms with Crippen LogP contribution in [0.3, 0.4) is 0 Å². The Hall–Kier alpha value is -8.98. The third-order valence-corrected chi connectivity index (χ3v) is 14.2. The van der Waals surface area contributed by atoms with E-state index < -0.39 is 5.41 Å². The third-order valence-electron chi connectivity index (χ3n) is 14.2. The lowest BCUT2D eigenvalue weighted by Gasteiger charge is -2.35. The van der Waals surface area contributed by atoms with Crippen molar-refractivity contribution in [2.75, 3.05) is 9.80 Å². The summed E-state index contributed by atoms with van der Waals surface area (Å²) < 4.78 is 0. The number of hydrogen-bond donors (Lipinski definition) is 0. The first-order valence-corrected chi connectivity index (χ1v) is 23.8. The molecule has 12 aromatic carbocycles. The van der Waals surface area contributed by atoms with Crippen LogP contribution in [0.5, 0.6) is 0 Å². The van der Waals surface area contributed by atoms with Gasteiger partial charge in [0.25, 0.3) is 0 Å². The molecule has 0 bridgehead atoms. The van der Waals surface area contributed by atoms with Crippen LogP contribution in [0.2, 0.25) is 0 Å². The smallest absolute Gasteiger partial charge is 0.0714 e. The molecule has 0 heterocycles. The largest absolute Gasteiger partial charge is 0.310 e. The van der Waals surface area contributed by atoms with Gasteiger partial charge in [-0.25, -0.2) is 0 Å². The van der Waals surface area contributed by atoms with Gasteiger partial charge in [-0.05, 0) is 144 Å². The van der Waals surface area contributed by atoms with Crippen LogP contribution < -0.4 is 9.80 Å². The Bertz CT molecular complexity index is 3790. The molecular formula is C67H46N2. The molecule has 0 unspecified atom stereocenters. The average Bonchev–Trinajstić information content (AvgIpc) is 3.72. The summed E-state index contributed by atoms with van der Waals surface area (Å²) in [6, 6.07) is 103. The molecule has 2 nitrogen and oxygen atoms in total. The molecule has 0 N–H and O–H groups in total. The molecule has 1 aliphatic rings. The molecule has 1 aliphatic carbocycles. The van der Waals surface area contributed by atoms with Crippen LogP contribution in [0.15, 0.2) is 279 Å². The molecule has 0 aromatic heterocycles. The van der Waals surface area contributed by atoms with Crippen LogP contribution in [-0.4, -0.2) is 0 Å². The number of benzene rings is 12. The first kappa shape index (κ1) is 40.3. The lowest BCUT2D eigenvalue weighted by molar-refractivity contribution is 0.769. The Labute approximate surface area is 403 Å². The summed E-state index contributed by atoms with van der Waals surface area (Å²) in [5, 5.41) is 7.30. The monoisotopic (exact) mass is 878 g/mol. The summed E-state index contributed by atoms with van der Waals surface area (Å²) in [6.07, 6.45) is 0. The van der Waals surface area contributed by atoms with Gasteiger partial charge in [0, 0.05) is 33.8 Å². The van der Waals surface area contributed by atoms with E-state index in [0.717, 1.165) is 39.7 Å². The summed E-state index contributed by atoms with van der Waals surface area (Å²) in [5.74, 6) is 0. The first-order chi connectivity index (χ1) is 34.2. The van der Waals surface area contributed by atoms with E-state index in [2.05, 4.69) is 289 Å². The van der Waals surface area contributed by atoms with Gasteiger partial charge in [-0.3, -0.25) is 0 Å². The van der Waals surface area contributed by atoms with Gasteiger partial charge >= 0.3 is 0 Å². The second-order valence-electron chi connectivity index (χ2n) is 18.1. The Morgan fingerprint density at radius 2 is 0.696 bits per heavy atom. The molecule has 324 valence electrons. The number of fused-ring (bicyclic) bond motifs is 7. The molecule has 0 atom stereocenters. The van der Waals surface area contributed by atoms with Crippen molar-refractivity contribution >= 4 is 66.4 Å². The van der Waals surface area contributed by atoms with Gasteiger partial charge in [0.15, 0.2) is 0 Å². The van der Waals surface area contributed by atoms with Gasteiger partial charge in [-0.1, -0.05) is 206 Å². The Kier molecular flexibility index (Phi) is 9.77. The molecule has 2 heteroatoms. The van der Waals surface area contributed by atoms with Gasteiger partial charge in [0.05, 0.1) is 11.1 Å². The first-order valence-electron chi connectivity index (χ1n) is 23.8. The molecule has 0 saturated heterocycles. The predicted molar refractivity (Wildman–Crippen MR) is 291 cm³/mol.